The minimum Gasteiger partial charge on any atom is -0.353 e. The Morgan fingerprint density at radius 2 is 2.06 bits per heavy atom. The van der Waals surface area contributed by atoms with Gasteiger partial charge in [-0.3, -0.25) is 4.79 Å². The fourth-order valence-corrected chi connectivity index (χ4v) is 3.42. The molecule has 1 atom stereocenters. The Labute approximate surface area is 103 Å². The summed E-state index contributed by atoms with van der Waals surface area (Å²) in [6.07, 6.45) is 12.3. The van der Waals surface area contributed by atoms with E-state index in [1.54, 1.807) is 0 Å². The number of carbonyl (C=O) groups is 1. The summed E-state index contributed by atoms with van der Waals surface area (Å²) in [6, 6.07) is 0.407. The fraction of sp³-hybridized carbons (Fsp3) is 0.786. The van der Waals surface area contributed by atoms with Gasteiger partial charge in [0.1, 0.15) is 0 Å². The Balaban J connectivity index is 1.52. The zero-order valence-electron chi connectivity index (χ0n) is 10.4. The fourth-order valence-electron chi connectivity index (χ4n) is 3.42. The average molecular weight is 234 g/mol. The van der Waals surface area contributed by atoms with Crippen LogP contribution >= 0.6 is 0 Å². The maximum atomic E-state index is 12.1. The summed E-state index contributed by atoms with van der Waals surface area (Å²) in [7, 11) is 0. The first-order valence-corrected chi connectivity index (χ1v) is 6.98. The van der Waals surface area contributed by atoms with Gasteiger partial charge in [0.15, 0.2) is 0 Å². The highest BCUT2D eigenvalue weighted by molar-refractivity contribution is 5.79. The van der Waals surface area contributed by atoms with E-state index >= 15 is 0 Å². The normalized spacial score (nSPS) is 31.4. The third kappa shape index (κ3) is 2.25. The van der Waals surface area contributed by atoms with Crippen LogP contribution in [0.4, 0.5) is 0 Å². The van der Waals surface area contributed by atoms with Crippen molar-refractivity contribution in [1.29, 1.82) is 0 Å². The van der Waals surface area contributed by atoms with Gasteiger partial charge in [-0.05, 0) is 51.5 Å². The van der Waals surface area contributed by atoms with Crippen LogP contribution < -0.4 is 10.6 Å². The number of piperidine rings is 1. The number of nitrogens with one attached hydrogen (secondary N) is 2. The number of hydrogen-bond acceptors (Lipinski definition) is 2. The molecule has 1 saturated heterocycles. The smallest absolute Gasteiger partial charge is 0.223 e. The van der Waals surface area contributed by atoms with Crippen LogP contribution in [0.25, 0.3) is 0 Å². The third-order valence-corrected chi connectivity index (χ3v) is 4.67. The van der Waals surface area contributed by atoms with Gasteiger partial charge < -0.3 is 10.6 Å². The van der Waals surface area contributed by atoms with E-state index in [-0.39, 0.29) is 11.8 Å². The lowest BCUT2D eigenvalue weighted by Gasteiger charge is -2.48. The molecule has 2 fully saturated rings. The molecule has 3 rings (SSSR count). The second kappa shape index (κ2) is 4.45. The molecule has 3 heteroatoms. The molecule has 1 aliphatic heterocycles. The van der Waals surface area contributed by atoms with Gasteiger partial charge in [0.25, 0.3) is 0 Å². The highest BCUT2D eigenvalue weighted by Gasteiger charge is 2.41. The molecule has 0 aromatic heterocycles. The first-order valence-electron chi connectivity index (χ1n) is 6.98. The molecule has 0 radical (unpaired) electrons. The number of carbonyl (C=O) groups excluding carboxylic acids is 1. The van der Waals surface area contributed by atoms with Crippen LogP contribution in [0.3, 0.4) is 0 Å². The molecule has 94 valence electrons. The Morgan fingerprint density at radius 1 is 1.29 bits per heavy atom. The summed E-state index contributed by atoms with van der Waals surface area (Å²) in [5, 5.41) is 6.91. The number of allylic oxidation sites excluding steroid dienone is 2. The maximum Gasteiger partial charge on any atom is 0.223 e. The molecule has 1 saturated carbocycles. The summed E-state index contributed by atoms with van der Waals surface area (Å²) >= 11 is 0. The monoisotopic (exact) mass is 234 g/mol. The number of amides is 1. The summed E-state index contributed by atoms with van der Waals surface area (Å²) in [5.74, 6) is 0.485. The zero-order chi connectivity index (χ0) is 11.7. The minimum absolute atomic E-state index is 0.210. The van der Waals surface area contributed by atoms with E-state index in [2.05, 4.69) is 22.8 Å². The zero-order valence-corrected chi connectivity index (χ0v) is 10.4. The van der Waals surface area contributed by atoms with Gasteiger partial charge in [-0.2, -0.15) is 0 Å². The van der Waals surface area contributed by atoms with Crippen LogP contribution in [-0.4, -0.2) is 24.0 Å². The Hall–Kier alpha value is -0.830. The second-order valence-corrected chi connectivity index (χ2v) is 5.90. The molecule has 0 aromatic carbocycles. The molecule has 17 heavy (non-hydrogen) atoms. The molecule has 2 N–H and O–H groups in total. The Morgan fingerprint density at radius 3 is 2.71 bits per heavy atom. The van der Waals surface area contributed by atoms with Gasteiger partial charge in [-0.1, -0.05) is 12.2 Å². The second-order valence-electron chi connectivity index (χ2n) is 5.90. The summed E-state index contributed by atoms with van der Waals surface area (Å²) in [5.41, 5.74) is 0.379. The molecule has 2 aliphatic carbocycles. The van der Waals surface area contributed by atoms with Crippen LogP contribution in [0.2, 0.25) is 0 Å². The first-order chi connectivity index (χ1) is 8.27. The Bertz CT molecular complexity index is 325. The molecule has 0 bridgehead atoms. The summed E-state index contributed by atoms with van der Waals surface area (Å²) < 4.78 is 0. The van der Waals surface area contributed by atoms with E-state index in [0.717, 1.165) is 32.2 Å². The highest BCUT2D eigenvalue weighted by Crippen LogP contribution is 2.38. The van der Waals surface area contributed by atoms with E-state index in [9.17, 15) is 4.79 Å². The van der Waals surface area contributed by atoms with Crippen molar-refractivity contribution in [3.05, 3.63) is 12.2 Å². The lowest BCUT2D eigenvalue weighted by molar-refractivity contribution is -0.125. The molecule has 1 spiro atoms. The number of hydrogen-bond donors (Lipinski definition) is 2. The predicted octanol–water partition coefficient (Wildman–Crippen LogP) is 1.74. The highest BCUT2D eigenvalue weighted by atomic mass is 16.1. The molecule has 3 aliphatic rings. The van der Waals surface area contributed by atoms with Crippen molar-refractivity contribution in [3.63, 3.8) is 0 Å². The largest absolute Gasteiger partial charge is 0.353 e. The average Bonchev–Trinajstić information content (AvgIpc) is 2.81. The van der Waals surface area contributed by atoms with Crippen LogP contribution in [0.5, 0.6) is 0 Å². The van der Waals surface area contributed by atoms with Gasteiger partial charge in [-0.15, -0.1) is 0 Å². The minimum atomic E-state index is 0.210. The van der Waals surface area contributed by atoms with Crippen molar-refractivity contribution in [2.24, 2.45) is 5.92 Å². The maximum absolute atomic E-state index is 12.1. The summed E-state index contributed by atoms with van der Waals surface area (Å²) in [4.78, 5) is 12.1. The van der Waals surface area contributed by atoms with Gasteiger partial charge in [0.2, 0.25) is 5.91 Å². The van der Waals surface area contributed by atoms with Crippen LogP contribution in [0, 0.1) is 5.92 Å². The van der Waals surface area contributed by atoms with Crippen molar-refractivity contribution < 1.29 is 4.79 Å². The molecular weight excluding hydrogens is 212 g/mol. The molecule has 1 heterocycles. The topological polar surface area (TPSA) is 41.1 Å². The van der Waals surface area contributed by atoms with Gasteiger partial charge in [-0.25, -0.2) is 0 Å². The molecular formula is C14H22N2O. The third-order valence-electron chi connectivity index (χ3n) is 4.67. The lowest BCUT2D eigenvalue weighted by atomic mass is 9.70. The van der Waals surface area contributed by atoms with Crippen LogP contribution in [-0.2, 0) is 4.79 Å². The quantitative estimate of drug-likeness (QED) is 0.715. The van der Waals surface area contributed by atoms with Gasteiger partial charge in [0, 0.05) is 17.5 Å². The van der Waals surface area contributed by atoms with Crippen LogP contribution in [0.15, 0.2) is 12.2 Å². The van der Waals surface area contributed by atoms with Crippen LogP contribution in [0.1, 0.15) is 44.9 Å². The van der Waals surface area contributed by atoms with Crippen molar-refractivity contribution in [2.45, 2.75) is 56.5 Å². The van der Waals surface area contributed by atoms with E-state index in [0.29, 0.717) is 11.6 Å². The SMILES string of the molecule is O=C(NC1CCNC2(CCC2)C1)C1CC=CC1. The first kappa shape index (κ1) is 11.3. The lowest BCUT2D eigenvalue weighted by Crippen LogP contribution is -2.60. The van der Waals surface area contributed by atoms with Crippen molar-refractivity contribution in [3.8, 4) is 0 Å². The molecule has 3 nitrogen and oxygen atoms in total. The standard InChI is InChI=1S/C14H22N2O/c17-13(11-4-1-2-5-11)16-12-6-9-15-14(10-12)7-3-8-14/h1-2,11-12,15H,3-10H2,(H,16,17). The molecule has 1 amide bonds. The Kier molecular flexibility index (Phi) is 2.95. The van der Waals surface area contributed by atoms with Gasteiger partial charge in [0.05, 0.1) is 0 Å². The van der Waals surface area contributed by atoms with E-state index in [1.165, 1.54) is 19.3 Å². The van der Waals surface area contributed by atoms with E-state index in [4.69, 9.17) is 0 Å². The van der Waals surface area contributed by atoms with E-state index in [1.807, 2.05) is 0 Å². The van der Waals surface area contributed by atoms with Gasteiger partial charge >= 0.3 is 0 Å². The summed E-state index contributed by atoms with van der Waals surface area (Å²) in [6.45, 7) is 1.06. The number of rotatable bonds is 2. The van der Waals surface area contributed by atoms with Crippen molar-refractivity contribution in [2.75, 3.05) is 6.54 Å². The predicted molar refractivity (Wildman–Crippen MR) is 67.6 cm³/mol. The van der Waals surface area contributed by atoms with Crippen molar-refractivity contribution >= 4 is 5.91 Å². The molecule has 0 aromatic rings. The molecule has 1 unspecified atom stereocenters. The van der Waals surface area contributed by atoms with E-state index < -0.39 is 0 Å². The van der Waals surface area contributed by atoms with Crippen molar-refractivity contribution in [1.82, 2.24) is 10.6 Å².